The summed E-state index contributed by atoms with van der Waals surface area (Å²) in [5, 5.41) is 6.51. The van der Waals surface area contributed by atoms with E-state index in [-0.39, 0.29) is 12.8 Å². The number of carbonyl (C=O) groups is 2. The third-order valence-electron chi connectivity index (χ3n) is 3.76. The molecular weight excluding hydrogens is 366 g/mol. The molecule has 0 bridgehead atoms. The Morgan fingerprint density at radius 2 is 1.87 bits per heavy atom. The molecule has 122 valence electrons. The van der Waals surface area contributed by atoms with Crippen molar-refractivity contribution in [2.24, 2.45) is 5.10 Å². The van der Waals surface area contributed by atoms with Crippen molar-refractivity contribution in [2.75, 3.05) is 6.79 Å². The van der Waals surface area contributed by atoms with E-state index in [4.69, 9.17) is 9.47 Å². The predicted octanol–water partition coefficient (Wildman–Crippen LogP) is 1.69. The minimum Gasteiger partial charge on any atom is -0.454 e. The second-order valence-corrected chi connectivity index (χ2v) is 6.24. The fraction of sp³-hybridized carbons (Fsp3) is 0.400. The van der Waals surface area contributed by atoms with E-state index in [9.17, 15) is 9.59 Å². The normalized spacial score (nSPS) is 16.7. The molecule has 23 heavy (non-hydrogen) atoms. The molecule has 0 unspecified atom stereocenters. The van der Waals surface area contributed by atoms with Crippen LogP contribution in [0.3, 0.4) is 0 Å². The van der Waals surface area contributed by atoms with Crippen LogP contribution in [0.5, 0.6) is 11.5 Å². The highest BCUT2D eigenvalue weighted by Gasteiger charge is 2.21. The maximum absolute atomic E-state index is 11.7. The highest BCUT2D eigenvalue weighted by Crippen LogP contribution is 2.36. The summed E-state index contributed by atoms with van der Waals surface area (Å²) in [7, 11) is 0. The first-order chi connectivity index (χ1) is 11.1. The van der Waals surface area contributed by atoms with Crippen molar-refractivity contribution in [1.29, 1.82) is 0 Å². The molecule has 3 rings (SSSR count). The Bertz CT molecular complexity index is 656. The molecule has 1 aromatic carbocycles. The van der Waals surface area contributed by atoms with E-state index in [0.29, 0.717) is 17.1 Å². The quantitative estimate of drug-likeness (QED) is 0.473. The first-order valence-corrected chi connectivity index (χ1v) is 8.16. The van der Waals surface area contributed by atoms with Gasteiger partial charge in [-0.15, -0.1) is 0 Å². The van der Waals surface area contributed by atoms with E-state index >= 15 is 0 Å². The van der Waals surface area contributed by atoms with Gasteiger partial charge in [-0.25, -0.2) is 5.43 Å². The van der Waals surface area contributed by atoms with Gasteiger partial charge in [0.15, 0.2) is 11.5 Å². The first-order valence-electron chi connectivity index (χ1n) is 7.36. The van der Waals surface area contributed by atoms with Crippen LogP contribution in [-0.4, -0.2) is 30.9 Å². The van der Waals surface area contributed by atoms with Crippen molar-refractivity contribution in [2.45, 2.75) is 31.7 Å². The lowest BCUT2D eigenvalue weighted by Crippen LogP contribution is -2.42. The lowest BCUT2D eigenvalue weighted by atomic mass is 10.2. The number of benzene rings is 1. The zero-order valence-electron chi connectivity index (χ0n) is 12.3. The highest BCUT2D eigenvalue weighted by atomic mass is 79.9. The number of nitrogens with zero attached hydrogens (tertiary/aromatic N) is 1. The maximum Gasteiger partial charge on any atom is 0.329 e. The standard InChI is InChI=1S/C15H16BrN3O4/c16-11-6-13-12(22-8-23-13)5-9(11)7-17-19-15(21)14(20)18-10-3-1-2-4-10/h5-7,10H,1-4,8H2,(H,18,20)(H,19,21)/b17-7+. The van der Waals surface area contributed by atoms with Gasteiger partial charge in [0.25, 0.3) is 0 Å². The van der Waals surface area contributed by atoms with E-state index in [2.05, 4.69) is 31.8 Å². The number of carbonyl (C=O) groups excluding carboxylic acids is 2. The molecule has 1 fully saturated rings. The Kier molecular flexibility index (Phi) is 4.80. The molecular formula is C15H16BrN3O4. The number of hydrogen-bond acceptors (Lipinski definition) is 5. The van der Waals surface area contributed by atoms with Gasteiger partial charge in [-0.2, -0.15) is 5.10 Å². The topological polar surface area (TPSA) is 89.0 Å². The minimum absolute atomic E-state index is 0.0974. The van der Waals surface area contributed by atoms with Crippen molar-refractivity contribution >= 4 is 34.0 Å². The first kappa shape index (κ1) is 15.8. The van der Waals surface area contributed by atoms with Gasteiger partial charge in [0, 0.05) is 16.1 Å². The molecule has 7 nitrogen and oxygen atoms in total. The summed E-state index contributed by atoms with van der Waals surface area (Å²) in [6.45, 7) is 0.181. The molecule has 0 atom stereocenters. The van der Waals surface area contributed by atoms with E-state index in [1.807, 2.05) is 0 Å². The van der Waals surface area contributed by atoms with E-state index < -0.39 is 11.8 Å². The van der Waals surface area contributed by atoms with Crippen LogP contribution in [0.4, 0.5) is 0 Å². The fourth-order valence-electron chi connectivity index (χ4n) is 2.56. The molecule has 8 heteroatoms. The molecule has 1 aromatic rings. The molecule has 1 saturated carbocycles. The number of hydrazone groups is 1. The third-order valence-corrected chi connectivity index (χ3v) is 4.45. The summed E-state index contributed by atoms with van der Waals surface area (Å²) >= 11 is 3.39. The van der Waals surface area contributed by atoms with Gasteiger partial charge < -0.3 is 14.8 Å². The van der Waals surface area contributed by atoms with Gasteiger partial charge >= 0.3 is 11.8 Å². The van der Waals surface area contributed by atoms with Gasteiger partial charge in [0.05, 0.1) is 6.21 Å². The van der Waals surface area contributed by atoms with Gasteiger partial charge in [-0.1, -0.05) is 12.8 Å². The predicted molar refractivity (Wildman–Crippen MR) is 86.4 cm³/mol. The second kappa shape index (κ2) is 6.99. The number of nitrogens with one attached hydrogen (secondary N) is 2. The molecule has 2 aliphatic rings. The van der Waals surface area contributed by atoms with Gasteiger partial charge in [-0.3, -0.25) is 9.59 Å². The van der Waals surface area contributed by atoms with Crippen LogP contribution < -0.4 is 20.2 Å². The van der Waals surface area contributed by atoms with Gasteiger partial charge in [0.2, 0.25) is 6.79 Å². The summed E-state index contributed by atoms with van der Waals surface area (Å²) < 4.78 is 11.3. The molecule has 0 radical (unpaired) electrons. The number of fused-ring (bicyclic) bond motifs is 1. The van der Waals surface area contributed by atoms with Crippen molar-refractivity contribution in [3.05, 3.63) is 22.2 Å². The summed E-state index contributed by atoms with van der Waals surface area (Å²) in [6.07, 6.45) is 5.46. The average molecular weight is 382 g/mol. The third kappa shape index (κ3) is 3.82. The summed E-state index contributed by atoms with van der Waals surface area (Å²) in [5.41, 5.74) is 2.93. The van der Waals surface area contributed by atoms with Crippen molar-refractivity contribution < 1.29 is 19.1 Å². The zero-order valence-corrected chi connectivity index (χ0v) is 13.9. The fourth-order valence-corrected chi connectivity index (χ4v) is 2.99. The van der Waals surface area contributed by atoms with Crippen LogP contribution in [0.15, 0.2) is 21.7 Å². The Hall–Kier alpha value is -2.09. The monoisotopic (exact) mass is 381 g/mol. The van der Waals surface area contributed by atoms with Crippen molar-refractivity contribution in [3.8, 4) is 11.5 Å². The SMILES string of the molecule is O=C(N/N=C/c1cc2c(cc1Br)OCO2)C(=O)NC1CCCC1. The smallest absolute Gasteiger partial charge is 0.329 e. The average Bonchev–Trinajstić information content (AvgIpc) is 3.18. The van der Waals surface area contributed by atoms with Crippen LogP contribution in [0, 0.1) is 0 Å². The Morgan fingerprint density at radius 3 is 2.61 bits per heavy atom. The highest BCUT2D eigenvalue weighted by molar-refractivity contribution is 9.10. The molecule has 0 aromatic heterocycles. The van der Waals surface area contributed by atoms with Crippen LogP contribution in [0.1, 0.15) is 31.2 Å². The molecule has 1 heterocycles. The number of ether oxygens (including phenoxy) is 2. The van der Waals surface area contributed by atoms with Gasteiger partial charge in [-0.05, 0) is 40.9 Å². The molecule has 1 aliphatic heterocycles. The van der Waals surface area contributed by atoms with Crippen molar-refractivity contribution in [3.63, 3.8) is 0 Å². The number of halogens is 1. The number of rotatable bonds is 3. The summed E-state index contributed by atoms with van der Waals surface area (Å²) in [6, 6.07) is 3.60. The van der Waals surface area contributed by atoms with Crippen LogP contribution in [0.2, 0.25) is 0 Å². The lowest BCUT2D eigenvalue weighted by Gasteiger charge is -2.10. The Balaban J connectivity index is 1.56. The zero-order chi connectivity index (χ0) is 16.2. The van der Waals surface area contributed by atoms with Crippen molar-refractivity contribution in [1.82, 2.24) is 10.7 Å². The van der Waals surface area contributed by atoms with Gasteiger partial charge in [0.1, 0.15) is 0 Å². The second-order valence-electron chi connectivity index (χ2n) is 5.38. The largest absolute Gasteiger partial charge is 0.454 e. The lowest BCUT2D eigenvalue weighted by molar-refractivity contribution is -0.139. The Labute approximate surface area is 141 Å². The molecule has 2 amide bonds. The molecule has 2 N–H and O–H groups in total. The number of amides is 2. The maximum atomic E-state index is 11.7. The van der Waals surface area contributed by atoms with Crippen LogP contribution >= 0.6 is 15.9 Å². The molecule has 0 saturated heterocycles. The number of hydrogen-bond donors (Lipinski definition) is 2. The summed E-state index contributed by atoms with van der Waals surface area (Å²) in [4.78, 5) is 23.4. The van der Waals surface area contributed by atoms with E-state index in [0.717, 1.165) is 30.2 Å². The minimum atomic E-state index is -0.773. The van der Waals surface area contributed by atoms with E-state index in [1.54, 1.807) is 12.1 Å². The summed E-state index contributed by atoms with van der Waals surface area (Å²) in [5.74, 6) is -0.169. The van der Waals surface area contributed by atoms with Crippen LogP contribution in [0.25, 0.3) is 0 Å². The molecule has 0 spiro atoms. The molecule has 1 aliphatic carbocycles. The van der Waals surface area contributed by atoms with E-state index in [1.165, 1.54) is 6.21 Å². The van der Waals surface area contributed by atoms with Crippen LogP contribution in [-0.2, 0) is 9.59 Å². The Morgan fingerprint density at radius 1 is 1.17 bits per heavy atom.